The average Bonchev–Trinajstić information content (AvgIpc) is 2.29. The summed E-state index contributed by atoms with van der Waals surface area (Å²) in [5, 5.41) is 2.64. The summed E-state index contributed by atoms with van der Waals surface area (Å²) in [6.45, 7) is 1.57. The fraction of sp³-hybridized carbons (Fsp3) is 0.300. The molecule has 1 aromatic rings. The molecule has 1 rings (SSSR count). The third-order valence-electron chi connectivity index (χ3n) is 1.93. The SMILES string of the molecule is COc1ccc(NC(=O)C(C)ON)cc1. The van der Waals surface area contributed by atoms with Crippen LogP contribution in [0.3, 0.4) is 0 Å². The Morgan fingerprint density at radius 3 is 2.47 bits per heavy atom. The van der Waals surface area contributed by atoms with Crippen molar-refractivity contribution >= 4 is 11.6 Å². The van der Waals surface area contributed by atoms with Crippen molar-refractivity contribution in [3.63, 3.8) is 0 Å². The maximum atomic E-state index is 11.4. The number of hydrogen-bond acceptors (Lipinski definition) is 4. The van der Waals surface area contributed by atoms with Crippen LogP contribution in [0.25, 0.3) is 0 Å². The van der Waals surface area contributed by atoms with Crippen LogP contribution in [-0.4, -0.2) is 19.1 Å². The van der Waals surface area contributed by atoms with Crippen molar-refractivity contribution < 1.29 is 14.4 Å². The molecular formula is C10H14N2O3. The van der Waals surface area contributed by atoms with Gasteiger partial charge in [-0.3, -0.25) is 9.63 Å². The molecule has 0 aliphatic heterocycles. The zero-order valence-corrected chi connectivity index (χ0v) is 8.69. The van der Waals surface area contributed by atoms with Crippen LogP contribution in [0.1, 0.15) is 6.92 Å². The minimum Gasteiger partial charge on any atom is -0.497 e. The average molecular weight is 210 g/mol. The standard InChI is InChI=1S/C10H14N2O3/c1-7(15-11)10(13)12-8-3-5-9(14-2)6-4-8/h3-7H,11H2,1-2H3,(H,12,13). The summed E-state index contributed by atoms with van der Waals surface area (Å²) in [7, 11) is 1.58. The highest BCUT2D eigenvalue weighted by molar-refractivity contribution is 5.93. The molecule has 0 saturated heterocycles. The monoisotopic (exact) mass is 210 g/mol. The smallest absolute Gasteiger partial charge is 0.255 e. The van der Waals surface area contributed by atoms with Gasteiger partial charge in [0.1, 0.15) is 5.75 Å². The van der Waals surface area contributed by atoms with E-state index in [1.54, 1.807) is 38.3 Å². The molecule has 0 aromatic heterocycles. The van der Waals surface area contributed by atoms with E-state index in [1.807, 2.05) is 0 Å². The molecule has 0 heterocycles. The third-order valence-corrected chi connectivity index (χ3v) is 1.93. The molecule has 3 N–H and O–H groups in total. The Kier molecular flexibility index (Phi) is 4.08. The van der Waals surface area contributed by atoms with E-state index in [2.05, 4.69) is 10.2 Å². The van der Waals surface area contributed by atoms with Gasteiger partial charge in [-0.05, 0) is 31.2 Å². The van der Waals surface area contributed by atoms with Crippen molar-refractivity contribution in [2.75, 3.05) is 12.4 Å². The van der Waals surface area contributed by atoms with Crippen molar-refractivity contribution in [2.45, 2.75) is 13.0 Å². The van der Waals surface area contributed by atoms with E-state index < -0.39 is 6.10 Å². The summed E-state index contributed by atoms with van der Waals surface area (Å²) in [6, 6.07) is 6.98. The lowest BCUT2D eigenvalue weighted by Crippen LogP contribution is -2.29. The molecule has 82 valence electrons. The van der Waals surface area contributed by atoms with Gasteiger partial charge in [0, 0.05) is 5.69 Å². The van der Waals surface area contributed by atoms with Crippen LogP contribution in [0.2, 0.25) is 0 Å². The lowest BCUT2D eigenvalue weighted by molar-refractivity contribution is -0.126. The molecule has 15 heavy (non-hydrogen) atoms. The van der Waals surface area contributed by atoms with Gasteiger partial charge in [0.25, 0.3) is 5.91 Å². The van der Waals surface area contributed by atoms with E-state index in [-0.39, 0.29) is 5.91 Å². The number of carbonyl (C=O) groups is 1. The number of nitrogens with one attached hydrogen (secondary N) is 1. The quantitative estimate of drug-likeness (QED) is 0.724. The third kappa shape index (κ3) is 3.23. The molecule has 5 nitrogen and oxygen atoms in total. The molecule has 5 heteroatoms. The summed E-state index contributed by atoms with van der Waals surface area (Å²) in [5.74, 6) is 5.33. The van der Waals surface area contributed by atoms with Crippen LogP contribution in [0, 0.1) is 0 Å². The maximum Gasteiger partial charge on any atom is 0.255 e. The van der Waals surface area contributed by atoms with E-state index in [9.17, 15) is 4.79 Å². The summed E-state index contributed by atoms with van der Waals surface area (Å²) in [6.07, 6.45) is -0.674. The molecule has 0 aliphatic rings. The van der Waals surface area contributed by atoms with E-state index in [1.165, 1.54) is 0 Å². The van der Waals surface area contributed by atoms with Crippen molar-refractivity contribution in [1.82, 2.24) is 0 Å². The molecule has 0 bridgehead atoms. The van der Waals surface area contributed by atoms with Crippen LogP contribution >= 0.6 is 0 Å². The molecule has 1 atom stereocenters. The minimum absolute atomic E-state index is 0.289. The number of benzene rings is 1. The van der Waals surface area contributed by atoms with Gasteiger partial charge in [0.2, 0.25) is 0 Å². The Morgan fingerprint density at radius 2 is 2.00 bits per heavy atom. The van der Waals surface area contributed by atoms with Crippen LogP contribution in [0.5, 0.6) is 5.75 Å². The van der Waals surface area contributed by atoms with Gasteiger partial charge in [-0.15, -0.1) is 0 Å². The van der Waals surface area contributed by atoms with E-state index in [4.69, 9.17) is 10.6 Å². The van der Waals surface area contributed by atoms with Gasteiger partial charge in [-0.1, -0.05) is 0 Å². The normalized spacial score (nSPS) is 11.9. The second-order valence-electron chi connectivity index (χ2n) is 3.00. The summed E-state index contributed by atoms with van der Waals surface area (Å²) < 4.78 is 4.99. The molecule has 1 unspecified atom stereocenters. The Bertz CT molecular complexity index is 324. The topological polar surface area (TPSA) is 73.6 Å². The molecule has 0 saturated carbocycles. The highest BCUT2D eigenvalue weighted by Gasteiger charge is 2.11. The number of hydrogen-bond donors (Lipinski definition) is 2. The molecule has 1 aromatic carbocycles. The van der Waals surface area contributed by atoms with Crippen molar-refractivity contribution in [3.8, 4) is 5.75 Å². The van der Waals surface area contributed by atoms with Crippen molar-refractivity contribution in [3.05, 3.63) is 24.3 Å². The van der Waals surface area contributed by atoms with Crippen LogP contribution in [-0.2, 0) is 9.63 Å². The number of rotatable bonds is 4. The second-order valence-corrected chi connectivity index (χ2v) is 3.00. The first-order valence-electron chi connectivity index (χ1n) is 4.48. The summed E-state index contributed by atoms with van der Waals surface area (Å²) in [4.78, 5) is 15.7. The second kappa shape index (κ2) is 5.33. The Labute approximate surface area is 88.1 Å². The first kappa shape index (κ1) is 11.5. The van der Waals surface area contributed by atoms with E-state index in [0.717, 1.165) is 5.75 Å². The number of amides is 1. The van der Waals surface area contributed by atoms with Crippen LogP contribution in [0.15, 0.2) is 24.3 Å². The number of anilines is 1. The van der Waals surface area contributed by atoms with Gasteiger partial charge in [-0.2, -0.15) is 0 Å². The van der Waals surface area contributed by atoms with E-state index in [0.29, 0.717) is 5.69 Å². The zero-order chi connectivity index (χ0) is 11.3. The minimum atomic E-state index is -0.674. The Morgan fingerprint density at radius 1 is 1.40 bits per heavy atom. The van der Waals surface area contributed by atoms with Crippen LogP contribution < -0.4 is 16.0 Å². The Balaban J connectivity index is 2.61. The van der Waals surface area contributed by atoms with Gasteiger partial charge in [0.15, 0.2) is 6.10 Å². The fourth-order valence-corrected chi connectivity index (χ4v) is 0.980. The maximum absolute atomic E-state index is 11.4. The summed E-state index contributed by atoms with van der Waals surface area (Å²) >= 11 is 0. The van der Waals surface area contributed by atoms with Crippen molar-refractivity contribution in [1.29, 1.82) is 0 Å². The molecular weight excluding hydrogens is 196 g/mol. The van der Waals surface area contributed by atoms with E-state index >= 15 is 0 Å². The molecule has 1 amide bonds. The predicted octanol–water partition coefficient (Wildman–Crippen LogP) is 0.912. The predicted molar refractivity (Wildman–Crippen MR) is 56.4 cm³/mol. The number of methoxy groups -OCH3 is 1. The van der Waals surface area contributed by atoms with Gasteiger partial charge >= 0.3 is 0 Å². The highest BCUT2D eigenvalue weighted by atomic mass is 16.6. The molecule has 0 aliphatic carbocycles. The van der Waals surface area contributed by atoms with Gasteiger partial charge in [-0.25, -0.2) is 5.90 Å². The Hall–Kier alpha value is -1.59. The lowest BCUT2D eigenvalue weighted by Gasteiger charge is -2.09. The number of ether oxygens (including phenoxy) is 1. The van der Waals surface area contributed by atoms with Crippen LogP contribution in [0.4, 0.5) is 5.69 Å². The first-order chi connectivity index (χ1) is 7.17. The lowest BCUT2D eigenvalue weighted by atomic mass is 10.3. The largest absolute Gasteiger partial charge is 0.497 e. The van der Waals surface area contributed by atoms with Gasteiger partial charge in [0.05, 0.1) is 7.11 Å². The first-order valence-corrected chi connectivity index (χ1v) is 4.48. The molecule has 0 fully saturated rings. The zero-order valence-electron chi connectivity index (χ0n) is 8.69. The number of nitrogens with two attached hydrogens (primary N) is 1. The molecule has 0 radical (unpaired) electrons. The van der Waals surface area contributed by atoms with Gasteiger partial charge < -0.3 is 10.1 Å². The fourth-order valence-electron chi connectivity index (χ4n) is 0.980. The number of carbonyl (C=O) groups excluding carboxylic acids is 1. The molecule has 0 spiro atoms. The van der Waals surface area contributed by atoms with Crippen molar-refractivity contribution in [2.24, 2.45) is 5.90 Å². The highest BCUT2D eigenvalue weighted by Crippen LogP contribution is 2.15. The summed E-state index contributed by atoms with van der Waals surface area (Å²) in [5.41, 5.74) is 0.671.